The molecule has 0 unspecified atom stereocenters. The van der Waals surface area contributed by atoms with Gasteiger partial charge >= 0.3 is 0 Å². The molecular weight excluding hydrogens is 450 g/mol. The zero-order valence-electron chi connectivity index (χ0n) is 18.2. The van der Waals surface area contributed by atoms with Gasteiger partial charge in [0.25, 0.3) is 5.56 Å². The average molecular weight is 472 g/mol. The molecule has 4 aromatic rings. The van der Waals surface area contributed by atoms with Crippen LogP contribution in [0.5, 0.6) is 5.75 Å². The molecule has 0 bridgehead atoms. The van der Waals surface area contributed by atoms with Crippen LogP contribution in [0.25, 0.3) is 6.08 Å². The van der Waals surface area contributed by atoms with Crippen LogP contribution >= 0.6 is 11.6 Å². The van der Waals surface area contributed by atoms with Gasteiger partial charge < -0.3 is 14.6 Å². The molecular formula is C27H22ClN3O3. The lowest BCUT2D eigenvalue weighted by Crippen LogP contribution is -2.20. The molecule has 0 atom stereocenters. The first-order chi connectivity index (χ1) is 16.6. The summed E-state index contributed by atoms with van der Waals surface area (Å²) in [6.07, 6.45) is 8.23. The van der Waals surface area contributed by atoms with E-state index in [0.29, 0.717) is 23.9 Å². The lowest BCUT2D eigenvalue weighted by molar-refractivity contribution is -0.111. The van der Waals surface area contributed by atoms with Crippen LogP contribution in [0.3, 0.4) is 0 Å². The number of pyridine rings is 2. The normalized spacial score (nSPS) is 10.9. The van der Waals surface area contributed by atoms with Crippen molar-refractivity contribution in [2.24, 2.45) is 0 Å². The van der Waals surface area contributed by atoms with Crippen molar-refractivity contribution in [1.82, 2.24) is 9.55 Å². The van der Waals surface area contributed by atoms with Crippen molar-refractivity contribution in [2.75, 3.05) is 5.32 Å². The summed E-state index contributed by atoms with van der Waals surface area (Å²) in [6.45, 7) is 0.747. The Labute approximate surface area is 202 Å². The molecule has 0 aliphatic heterocycles. The van der Waals surface area contributed by atoms with E-state index < -0.39 is 0 Å². The van der Waals surface area contributed by atoms with Crippen molar-refractivity contribution in [3.8, 4) is 5.75 Å². The highest BCUT2D eigenvalue weighted by atomic mass is 35.5. The van der Waals surface area contributed by atoms with Crippen LogP contribution in [0.1, 0.15) is 16.7 Å². The van der Waals surface area contributed by atoms with Crippen LogP contribution < -0.4 is 15.6 Å². The Kier molecular flexibility index (Phi) is 7.53. The number of anilines is 1. The highest BCUT2D eigenvalue weighted by molar-refractivity contribution is 6.31. The Morgan fingerprint density at radius 2 is 1.85 bits per heavy atom. The number of carbonyl (C=O) groups excluding carboxylic acids is 1. The third-order valence-electron chi connectivity index (χ3n) is 4.99. The van der Waals surface area contributed by atoms with Crippen LogP contribution in [-0.4, -0.2) is 15.5 Å². The van der Waals surface area contributed by atoms with Crippen LogP contribution in [0.4, 0.5) is 5.69 Å². The van der Waals surface area contributed by atoms with Crippen molar-refractivity contribution >= 4 is 29.3 Å². The lowest BCUT2D eigenvalue weighted by Gasteiger charge is -2.10. The van der Waals surface area contributed by atoms with Gasteiger partial charge in [-0.05, 0) is 47.5 Å². The second-order valence-electron chi connectivity index (χ2n) is 7.52. The number of amides is 1. The molecule has 0 spiro atoms. The van der Waals surface area contributed by atoms with Gasteiger partial charge in [0.1, 0.15) is 12.4 Å². The maximum atomic E-state index is 12.4. The third kappa shape index (κ3) is 6.43. The van der Waals surface area contributed by atoms with E-state index in [9.17, 15) is 9.59 Å². The standard InChI is InChI=1S/C27H22ClN3O3/c28-25-6-2-1-5-22(25)17-31-18-23(10-14-27(31)33)30-26(32)13-9-20-7-11-24(12-8-20)34-19-21-4-3-15-29-16-21/h1-16,18H,17,19H2,(H,30,32). The van der Waals surface area contributed by atoms with E-state index in [2.05, 4.69) is 10.3 Å². The van der Waals surface area contributed by atoms with Crippen molar-refractivity contribution in [3.05, 3.63) is 130 Å². The summed E-state index contributed by atoms with van der Waals surface area (Å²) in [5.74, 6) is 0.422. The van der Waals surface area contributed by atoms with Crippen LogP contribution in [0.2, 0.25) is 5.02 Å². The second kappa shape index (κ2) is 11.1. The molecule has 34 heavy (non-hydrogen) atoms. The van der Waals surface area contributed by atoms with Gasteiger partial charge in [-0.3, -0.25) is 14.6 Å². The lowest BCUT2D eigenvalue weighted by atomic mass is 10.2. The zero-order chi connectivity index (χ0) is 23.8. The molecule has 0 saturated carbocycles. The molecule has 2 aromatic carbocycles. The Hall–Kier alpha value is -4.16. The number of nitrogens with zero attached hydrogens (tertiary/aromatic N) is 2. The quantitative estimate of drug-likeness (QED) is 0.359. The first-order valence-electron chi connectivity index (χ1n) is 10.6. The van der Waals surface area contributed by atoms with E-state index >= 15 is 0 Å². The Bertz CT molecular complexity index is 1350. The summed E-state index contributed by atoms with van der Waals surface area (Å²) in [7, 11) is 0. The van der Waals surface area contributed by atoms with Gasteiger partial charge in [-0.2, -0.15) is 0 Å². The fraction of sp³-hybridized carbons (Fsp3) is 0.0741. The summed E-state index contributed by atoms with van der Waals surface area (Å²) in [4.78, 5) is 28.7. The minimum absolute atomic E-state index is 0.181. The number of hydrogen-bond acceptors (Lipinski definition) is 4. The highest BCUT2D eigenvalue weighted by Crippen LogP contribution is 2.17. The molecule has 0 fully saturated rings. The van der Waals surface area contributed by atoms with Crippen molar-refractivity contribution in [2.45, 2.75) is 13.2 Å². The molecule has 0 radical (unpaired) electrons. The maximum absolute atomic E-state index is 12.4. The summed E-state index contributed by atoms with van der Waals surface area (Å²) in [6, 6.07) is 21.6. The van der Waals surface area contributed by atoms with E-state index in [1.165, 1.54) is 16.7 Å². The minimum atomic E-state index is -0.306. The van der Waals surface area contributed by atoms with Gasteiger partial charge in [-0.25, -0.2) is 0 Å². The monoisotopic (exact) mass is 471 g/mol. The van der Waals surface area contributed by atoms with E-state index in [-0.39, 0.29) is 11.5 Å². The third-order valence-corrected chi connectivity index (χ3v) is 5.35. The number of hydrogen-bond donors (Lipinski definition) is 1. The Morgan fingerprint density at radius 3 is 2.62 bits per heavy atom. The number of nitrogens with one attached hydrogen (secondary N) is 1. The topological polar surface area (TPSA) is 73.2 Å². The van der Waals surface area contributed by atoms with Gasteiger partial charge in [0, 0.05) is 41.3 Å². The molecule has 170 valence electrons. The van der Waals surface area contributed by atoms with E-state index in [1.807, 2.05) is 54.6 Å². The largest absolute Gasteiger partial charge is 0.489 e. The second-order valence-corrected chi connectivity index (χ2v) is 7.92. The fourth-order valence-electron chi connectivity index (χ4n) is 3.22. The number of ether oxygens (including phenoxy) is 1. The van der Waals surface area contributed by atoms with Crippen LogP contribution in [0, 0.1) is 0 Å². The van der Waals surface area contributed by atoms with Gasteiger partial charge in [0.2, 0.25) is 5.91 Å². The first kappa shape index (κ1) is 23.0. The maximum Gasteiger partial charge on any atom is 0.250 e. The van der Waals surface area contributed by atoms with Crippen LogP contribution in [-0.2, 0) is 17.9 Å². The number of halogens is 1. The molecule has 7 heteroatoms. The SMILES string of the molecule is O=C(C=Cc1ccc(OCc2cccnc2)cc1)Nc1ccc(=O)n(Cc2ccccc2Cl)c1. The fourth-order valence-corrected chi connectivity index (χ4v) is 3.42. The first-order valence-corrected chi connectivity index (χ1v) is 11.0. The number of aromatic nitrogens is 2. The molecule has 0 aliphatic rings. The highest BCUT2D eigenvalue weighted by Gasteiger charge is 2.05. The molecule has 4 rings (SSSR count). The average Bonchev–Trinajstić information content (AvgIpc) is 2.86. The van der Waals surface area contributed by atoms with Gasteiger partial charge in [-0.1, -0.05) is 48.0 Å². The number of rotatable bonds is 8. The van der Waals surface area contributed by atoms with E-state index in [1.54, 1.807) is 36.8 Å². The van der Waals surface area contributed by atoms with Crippen molar-refractivity contribution in [1.29, 1.82) is 0 Å². The van der Waals surface area contributed by atoms with Crippen LogP contribution in [0.15, 0.2) is 102 Å². The van der Waals surface area contributed by atoms with Gasteiger partial charge in [0.15, 0.2) is 0 Å². The molecule has 1 N–H and O–H groups in total. The molecule has 2 heterocycles. The van der Waals surface area contributed by atoms with Gasteiger partial charge in [-0.15, -0.1) is 0 Å². The molecule has 6 nitrogen and oxygen atoms in total. The van der Waals surface area contributed by atoms with E-state index in [4.69, 9.17) is 16.3 Å². The molecule has 0 saturated heterocycles. The summed E-state index contributed by atoms with van der Waals surface area (Å²) in [5, 5.41) is 3.36. The summed E-state index contributed by atoms with van der Waals surface area (Å²) >= 11 is 6.20. The molecule has 2 aromatic heterocycles. The molecule has 0 aliphatic carbocycles. The Morgan fingerprint density at radius 1 is 1.03 bits per heavy atom. The Balaban J connectivity index is 1.34. The minimum Gasteiger partial charge on any atom is -0.489 e. The van der Waals surface area contributed by atoms with E-state index in [0.717, 1.165) is 22.4 Å². The number of benzene rings is 2. The molecule has 1 amide bonds. The van der Waals surface area contributed by atoms with Crippen molar-refractivity contribution < 1.29 is 9.53 Å². The smallest absolute Gasteiger partial charge is 0.250 e. The zero-order valence-corrected chi connectivity index (χ0v) is 19.0. The predicted octanol–water partition coefficient (Wildman–Crippen LogP) is 5.18. The summed E-state index contributed by atoms with van der Waals surface area (Å²) < 4.78 is 7.25. The summed E-state index contributed by atoms with van der Waals surface area (Å²) in [5.41, 5.74) is 3.00. The van der Waals surface area contributed by atoms with Crippen molar-refractivity contribution in [3.63, 3.8) is 0 Å². The van der Waals surface area contributed by atoms with Gasteiger partial charge in [0.05, 0.1) is 12.2 Å². The predicted molar refractivity (Wildman–Crippen MR) is 134 cm³/mol. The number of carbonyl (C=O) groups is 1.